The summed E-state index contributed by atoms with van der Waals surface area (Å²) in [5.74, 6) is -0.897. The second kappa shape index (κ2) is 28.2. The fraction of sp³-hybridized carbons (Fsp3) is 0.935. The number of ether oxygens (including phenoxy) is 2. The SMILES string of the molecule is CCCCCCCCCCCCCCCCCCCCC(=O)OC(COC(=O)CCCCCC)COP(=O)(O)O. The van der Waals surface area contributed by atoms with Crippen LogP contribution in [0.15, 0.2) is 0 Å². The Kier molecular flexibility index (Phi) is 27.5. The van der Waals surface area contributed by atoms with E-state index in [1.165, 1.54) is 96.3 Å². The molecule has 0 amide bonds. The lowest BCUT2D eigenvalue weighted by molar-refractivity contribution is -0.161. The van der Waals surface area contributed by atoms with E-state index in [0.29, 0.717) is 6.42 Å². The standard InChI is InChI=1S/C31H61O8P/c1-3-5-7-9-10-11-12-13-14-15-16-17-18-19-20-21-22-24-26-31(33)39-29(28-38-40(34,35)36)27-37-30(32)25-23-8-6-4-2/h29H,3-28H2,1-2H3,(H2,34,35,36). The highest BCUT2D eigenvalue weighted by Crippen LogP contribution is 2.35. The summed E-state index contributed by atoms with van der Waals surface area (Å²) >= 11 is 0. The van der Waals surface area contributed by atoms with Gasteiger partial charge in [0.25, 0.3) is 0 Å². The minimum Gasteiger partial charge on any atom is -0.462 e. The predicted molar refractivity (Wildman–Crippen MR) is 161 cm³/mol. The van der Waals surface area contributed by atoms with Crippen LogP contribution in [0.1, 0.15) is 168 Å². The van der Waals surface area contributed by atoms with Crippen molar-refractivity contribution in [3.8, 4) is 0 Å². The van der Waals surface area contributed by atoms with Crippen LogP contribution in [0.3, 0.4) is 0 Å². The number of carbonyl (C=O) groups excluding carboxylic acids is 2. The monoisotopic (exact) mass is 592 g/mol. The smallest absolute Gasteiger partial charge is 0.462 e. The maximum absolute atomic E-state index is 12.2. The van der Waals surface area contributed by atoms with Gasteiger partial charge in [0.1, 0.15) is 6.61 Å². The topological polar surface area (TPSA) is 119 Å². The van der Waals surface area contributed by atoms with Crippen LogP contribution in [0, 0.1) is 0 Å². The maximum atomic E-state index is 12.2. The molecule has 0 aromatic rings. The third-order valence-electron chi connectivity index (χ3n) is 7.13. The van der Waals surface area contributed by atoms with Gasteiger partial charge in [-0.3, -0.25) is 14.1 Å². The number of phosphoric ester groups is 1. The molecule has 0 heterocycles. The van der Waals surface area contributed by atoms with Gasteiger partial charge in [-0.15, -0.1) is 0 Å². The van der Waals surface area contributed by atoms with Crippen molar-refractivity contribution in [2.24, 2.45) is 0 Å². The lowest BCUT2D eigenvalue weighted by atomic mass is 10.0. The number of hydrogen-bond acceptors (Lipinski definition) is 6. The Morgan fingerprint density at radius 3 is 1.30 bits per heavy atom. The molecule has 0 aliphatic heterocycles. The van der Waals surface area contributed by atoms with Gasteiger partial charge < -0.3 is 19.3 Å². The number of esters is 2. The zero-order valence-electron chi connectivity index (χ0n) is 25.8. The molecule has 0 aliphatic carbocycles. The van der Waals surface area contributed by atoms with Crippen LogP contribution < -0.4 is 0 Å². The highest BCUT2D eigenvalue weighted by atomic mass is 31.2. The Labute approximate surface area is 244 Å². The van der Waals surface area contributed by atoms with Gasteiger partial charge in [-0.05, 0) is 12.8 Å². The molecule has 0 bridgehead atoms. The minimum atomic E-state index is -4.72. The summed E-state index contributed by atoms with van der Waals surface area (Å²) in [4.78, 5) is 42.0. The van der Waals surface area contributed by atoms with Crippen molar-refractivity contribution in [2.45, 2.75) is 174 Å². The maximum Gasteiger partial charge on any atom is 0.469 e. The molecule has 0 fully saturated rings. The zero-order chi connectivity index (χ0) is 29.7. The van der Waals surface area contributed by atoms with E-state index in [2.05, 4.69) is 18.4 Å². The second-order valence-corrected chi connectivity index (χ2v) is 12.4. The van der Waals surface area contributed by atoms with E-state index in [9.17, 15) is 14.2 Å². The first-order valence-corrected chi connectivity index (χ1v) is 17.9. The quantitative estimate of drug-likeness (QED) is 0.0482. The molecule has 0 radical (unpaired) electrons. The average molecular weight is 593 g/mol. The molecule has 40 heavy (non-hydrogen) atoms. The van der Waals surface area contributed by atoms with Crippen molar-refractivity contribution in [3.05, 3.63) is 0 Å². The van der Waals surface area contributed by atoms with E-state index in [1.54, 1.807) is 0 Å². The first kappa shape index (κ1) is 39.0. The molecule has 0 aliphatic rings. The molecule has 0 rings (SSSR count). The molecule has 1 unspecified atom stereocenters. The van der Waals surface area contributed by atoms with Crippen molar-refractivity contribution < 1.29 is 37.9 Å². The van der Waals surface area contributed by atoms with Gasteiger partial charge in [0.2, 0.25) is 0 Å². The van der Waals surface area contributed by atoms with Gasteiger partial charge in [0, 0.05) is 12.8 Å². The number of carbonyl (C=O) groups is 2. The summed E-state index contributed by atoms with van der Waals surface area (Å²) in [5, 5.41) is 0. The van der Waals surface area contributed by atoms with Crippen LogP contribution in [-0.2, 0) is 28.2 Å². The van der Waals surface area contributed by atoms with Crippen LogP contribution in [0.25, 0.3) is 0 Å². The van der Waals surface area contributed by atoms with Crippen LogP contribution in [-0.4, -0.2) is 41.0 Å². The summed E-state index contributed by atoms with van der Waals surface area (Å²) in [6.07, 6.45) is 26.1. The van der Waals surface area contributed by atoms with Crippen molar-refractivity contribution in [3.63, 3.8) is 0 Å². The molecule has 0 aromatic carbocycles. The van der Waals surface area contributed by atoms with Crippen LogP contribution in [0.5, 0.6) is 0 Å². The molecule has 1 atom stereocenters. The molecule has 238 valence electrons. The second-order valence-electron chi connectivity index (χ2n) is 11.2. The average Bonchev–Trinajstić information content (AvgIpc) is 2.91. The molecular weight excluding hydrogens is 531 g/mol. The Morgan fingerprint density at radius 1 is 0.550 bits per heavy atom. The third kappa shape index (κ3) is 30.0. The molecule has 8 nitrogen and oxygen atoms in total. The number of rotatable bonds is 30. The highest BCUT2D eigenvalue weighted by molar-refractivity contribution is 7.46. The molecule has 0 spiro atoms. The van der Waals surface area contributed by atoms with Crippen molar-refractivity contribution in [1.29, 1.82) is 0 Å². The summed E-state index contributed by atoms with van der Waals surface area (Å²) in [7, 11) is -4.72. The highest BCUT2D eigenvalue weighted by Gasteiger charge is 2.22. The van der Waals surface area contributed by atoms with Gasteiger partial charge in [0.15, 0.2) is 6.10 Å². The number of unbranched alkanes of at least 4 members (excludes halogenated alkanes) is 20. The van der Waals surface area contributed by atoms with Gasteiger partial charge in [-0.25, -0.2) is 4.57 Å². The van der Waals surface area contributed by atoms with E-state index < -0.39 is 32.5 Å². The van der Waals surface area contributed by atoms with Gasteiger partial charge in [-0.1, -0.05) is 142 Å². The lowest BCUT2D eigenvalue weighted by Crippen LogP contribution is -2.29. The predicted octanol–water partition coefficient (Wildman–Crippen LogP) is 8.95. The normalized spacial score (nSPS) is 12.4. The first-order chi connectivity index (χ1) is 19.3. The van der Waals surface area contributed by atoms with Gasteiger partial charge in [-0.2, -0.15) is 0 Å². The van der Waals surface area contributed by atoms with Crippen LogP contribution in [0.4, 0.5) is 0 Å². The van der Waals surface area contributed by atoms with E-state index in [-0.39, 0.29) is 19.4 Å². The van der Waals surface area contributed by atoms with E-state index >= 15 is 0 Å². The third-order valence-corrected chi connectivity index (χ3v) is 7.61. The zero-order valence-corrected chi connectivity index (χ0v) is 26.6. The Morgan fingerprint density at radius 2 is 0.900 bits per heavy atom. The van der Waals surface area contributed by atoms with E-state index in [4.69, 9.17) is 19.3 Å². The van der Waals surface area contributed by atoms with Crippen molar-refractivity contribution in [2.75, 3.05) is 13.2 Å². The van der Waals surface area contributed by atoms with Crippen molar-refractivity contribution >= 4 is 19.8 Å². The van der Waals surface area contributed by atoms with Crippen LogP contribution in [0.2, 0.25) is 0 Å². The largest absolute Gasteiger partial charge is 0.469 e. The number of hydrogen-bond donors (Lipinski definition) is 2. The van der Waals surface area contributed by atoms with Gasteiger partial charge in [0.05, 0.1) is 6.61 Å². The molecule has 0 saturated carbocycles. The summed E-state index contributed by atoms with van der Waals surface area (Å²) in [5.41, 5.74) is 0. The Balaban J connectivity index is 3.80. The Bertz CT molecular complexity index is 637. The van der Waals surface area contributed by atoms with Crippen molar-refractivity contribution in [1.82, 2.24) is 0 Å². The number of phosphoric acid groups is 1. The van der Waals surface area contributed by atoms with Gasteiger partial charge >= 0.3 is 19.8 Å². The lowest BCUT2D eigenvalue weighted by Gasteiger charge is -2.18. The molecule has 2 N–H and O–H groups in total. The molecular formula is C31H61O8P. The summed E-state index contributed by atoms with van der Waals surface area (Å²) in [6.45, 7) is 3.54. The molecule has 0 saturated heterocycles. The Hall–Kier alpha value is -0.950. The molecule has 0 aromatic heterocycles. The summed E-state index contributed by atoms with van der Waals surface area (Å²) in [6, 6.07) is 0. The van der Waals surface area contributed by atoms with E-state index in [1.807, 2.05) is 0 Å². The minimum absolute atomic E-state index is 0.218. The van der Waals surface area contributed by atoms with Crippen LogP contribution >= 0.6 is 7.82 Å². The molecule has 9 heteroatoms. The fourth-order valence-electron chi connectivity index (χ4n) is 4.67. The van der Waals surface area contributed by atoms with E-state index in [0.717, 1.165) is 38.5 Å². The first-order valence-electron chi connectivity index (χ1n) is 16.3. The summed E-state index contributed by atoms with van der Waals surface area (Å²) < 4.78 is 25.9. The fourth-order valence-corrected chi connectivity index (χ4v) is 5.03.